The van der Waals surface area contributed by atoms with Crippen molar-refractivity contribution >= 4 is 5.91 Å². The van der Waals surface area contributed by atoms with E-state index in [1.54, 1.807) is 0 Å². The summed E-state index contributed by atoms with van der Waals surface area (Å²) < 4.78 is 5.22. The van der Waals surface area contributed by atoms with Crippen molar-refractivity contribution in [1.29, 1.82) is 0 Å². The van der Waals surface area contributed by atoms with Crippen molar-refractivity contribution in [2.45, 2.75) is 50.7 Å². The molecule has 1 amide bonds. The molecule has 1 aliphatic heterocycles. The summed E-state index contributed by atoms with van der Waals surface area (Å²) in [5, 5.41) is 0. The Kier molecular flexibility index (Phi) is 4.76. The molecule has 2 rings (SSSR count). The smallest absolute Gasteiger partial charge is 0.246 e. The second-order valence-electron chi connectivity index (χ2n) is 5.01. The average Bonchev–Trinajstić information content (AvgIpc) is 2.39. The van der Waals surface area contributed by atoms with Gasteiger partial charge in [-0.25, -0.2) is 5.48 Å². The van der Waals surface area contributed by atoms with Gasteiger partial charge in [0.25, 0.3) is 0 Å². The molecule has 3 N–H and O–H groups in total. The lowest BCUT2D eigenvalue weighted by molar-refractivity contribution is -0.147. The third-order valence-corrected chi connectivity index (χ3v) is 3.64. The van der Waals surface area contributed by atoms with E-state index in [9.17, 15) is 4.79 Å². The lowest BCUT2D eigenvalue weighted by Gasteiger charge is -2.27. The molecule has 5 nitrogen and oxygen atoms in total. The summed E-state index contributed by atoms with van der Waals surface area (Å²) in [7, 11) is 0. The highest BCUT2D eigenvalue weighted by molar-refractivity contribution is 5.77. The maximum atomic E-state index is 11.8. The minimum atomic E-state index is 0.00294. The van der Waals surface area contributed by atoms with Gasteiger partial charge in [0.1, 0.15) is 0 Å². The van der Waals surface area contributed by atoms with E-state index in [4.69, 9.17) is 15.3 Å². The molecule has 0 aromatic rings. The Hall–Kier alpha value is -0.650. The van der Waals surface area contributed by atoms with Gasteiger partial charge in [-0.3, -0.25) is 9.63 Å². The second kappa shape index (κ2) is 6.33. The highest BCUT2D eigenvalue weighted by Gasteiger charge is 2.24. The molecule has 17 heavy (non-hydrogen) atoms. The van der Waals surface area contributed by atoms with Gasteiger partial charge in [0.15, 0.2) is 0 Å². The van der Waals surface area contributed by atoms with Crippen LogP contribution in [0.3, 0.4) is 0 Å². The summed E-state index contributed by atoms with van der Waals surface area (Å²) in [6.45, 7) is 1.35. The maximum absolute atomic E-state index is 11.8. The summed E-state index contributed by atoms with van der Waals surface area (Å²) in [4.78, 5) is 17.2. The molecule has 1 heterocycles. The molecule has 0 aromatic heterocycles. The Balaban J connectivity index is 1.65. The van der Waals surface area contributed by atoms with E-state index < -0.39 is 0 Å². The third kappa shape index (κ3) is 3.94. The molecule has 2 aliphatic rings. The lowest BCUT2D eigenvalue weighted by atomic mass is 9.94. The van der Waals surface area contributed by atoms with Gasteiger partial charge in [-0.2, -0.15) is 0 Å². The van der Waals surface area contributed by atoms with E-state index in [0.29, 0.717) is 19.3 Å². The summed E-state index contributed by atoms with van der Waals surface area (Å²) in [6, 6.07) is 0.307. The number of hydroxylamine groups is 1. The zero-order chi connectivity index (χ0) is 12.1. The van der Waals surface area contributed by atoms with E-state index in [2.05, 4.69) is 5.48 Å². The van der Waals surface area contributed by atoms with Crippen LogP contribution in [0.5, 0.6) is 0 Å². The van der Waals surface area contributed by atoms with E-state index in [-0.39, 0.29) is 17.9 Å². The summed E-state index contributed by atoms with van der Waals surface area (Å²) in [5.41, 5.74) is 8.41. The van der Waals surface area contributed by atoms with Gasteiger partial charge in [0, 0.05) is 25.2 Å². The van der Waals surface area contributed by atoms with Crippen molar-refractivity contribution in [2.75, 3.05) is 13.2 Å². The van der Waals surface area contributed by atoms with Gasteiger partial charge in [0.05, 0.1) is 6.10 Å². The maximum Gasteiger partial charge on any atom is 0.246 e. The number of hydrogen-bond donors (Lipinski definition) is 2. The van der Waals surface area contributed by atoms with Crippen LogP contribution >= 0.6 is 0 Å². The van der Waals surface area contributed by atoms with Crippen molar-refractivity contribution in [3.8, 4) is 0 Å². The van der Waals surface area contributed by atoms with Gasteiger partial charge in [-0.1, -0.05) is 0 Å². The van der Waals surface area contributed by atoms with Crippen molar-refractivity contribution in [1.82, 2.24) is 5.48 Å². The Morgan fingerprint density at radius 1 is 1.12 bits per heavy atom. The normalized spacial score (nSPS) is 31.1. The molecule has 2 fully saturated rings. The van der Waals surface area contributed by atoms with Gasteiger partial charge >= 0.3 is 0 Å². The summed E-state index contributed by atoms with van der Waals surface area (Å²) >= 11 is 0. The van der Waals surface area contributed by atoms with Crippen molar-refractivity contribution in [2.24, 2.45) is 11.7 Å². The summed E-state index contributed by atoms with van der Waals surface area (Å²) in [5.74, 6) is 0.0535. The third-order valence-electron chi connectivity index (χ3n) is 3.64. The monoisotopic (exact) mass is 242 g/mol. The molecule has 0 spiro atoms. The van der Waals surface area contributed by atoms with Crippen molar-refractivity contribution in [3.63, 3.8) is 0 Å². The van der Waals surface area contributed by atoms with E-state index in [1.807, 2.05) is 0 Å². The molecule has 0 aromatic carbocycles. The van der Waals surface area contributed by atoms with Crippen LogP contribution in [0.25, 0.3) is 0 Å². The van der Waals surface area contributed by atoms with Gasteiger partial charge in [-0.15, -0.1) is 0 Å². The average molecular weight is 242 g/mol. The lowest BCUT2D eigenvalue weighted by Crippen LogP contribution is -2.39. The number of amides is 1. The number of nitrogens with one attached hydrogen (secondary N) is 1. The Morgan fingerprint density at radius 2 is 1.76 bits per heavy atom. The van der Waals surface area contributed by atoms with Crippen LogP contribution in [0.15, 0.2) is 0 Å². The molecule has 1 saturated carbocycles. The number of carbonyl (C=O) groups is 1. The first-order chi connectivity index (χ1) is 8.25. The van der Waals surface area contributed by atoms with Gasteiger partial charge < -0.3 is 10.5 Å². The Labute approximate surface area is 102 Å². The predicted molar refractivity (Wildman–Crippen MR) is 63.0 cm³/mol. The fourth-order valence-corrected chi connectivity index (χ4v) is 2.39. The molecule has 0 unspecified atom stereocenters. The minimum absolute atomic E-state index is 0.00294. The zero-order valence-electron chi connectivity index (χ0n) is 10.2. The second-order valence-corrected chi connectivity index (χ2v) is 5.01. The largest absolute Gasteiger partial charge is 0.381 e. The highest BCUT2D eigenvalue weighted by Crippen LogP contribution is 2.20. The van der Waals surface area contributed by atoms with E-state index in [1.165, 1.54) is 0 Å². The molecule has 0 radical (unpaired) electrons. The Morgan fingerprint density at radius 3 is 2.41 bits per heavy atom. The van der Waals surface area contributed by atoms with Crippen LogP contribution in [0.2, 0.25) is 0 Å². The molecule has 1 aliphatic carbocycles. The number of hydrogen-bond acceptors (Lipinski definition) is 4. The molecule has 0 atom stereocenters. The molecule has 1 saturated heterocycles. The molecule has 0 bridgehead atoms. The highest BCUT2D eigenvalue weighted by atomic mass is 16.7. The standard InChI is InChI=1S/C12H22N2O3/c13-10-1-3-11(4-2-10)17-14-12(15)9-5-7-16-8-6-9/h9-11H,1-8,13H2,(H,14,15). The Bertz CT molecular complexity index is 246. The number of rotatable bonds is 3. The van der Waals surface area contributed by atoms with E-state index >= 15 is 0 Å². The number of nitrogens with two attached hydrogens (primary N) is 1. The fraction of sp³-hybridized carbons (Fsp3) is 0.917. The van der Waals surface area contributed by atoms with E-state index in [0.717, 1.165) is 38.5 Å². The predicted octanol–water partition coefficient (Wildman–Crippen LogP) is 0.731. The molecular formula is C12H22N2O3. The first-order valence-electron chi connectivity index (χ1n) is 6.54. The van der Waals surface area contributed by atoms with Crippen LogP contribution in [0, 0.1) is 5.92 Å². The minimum Gasteiger partial charge on any atom is -0.381 e. The summed E-state index contributed by atoms with van der Waals surface area (Å²) in [6.07, 6.45) is 5.58. The molecular weight excluding hydrogens is 220 g/mol. The van der Waals surface area contributed by atoms with Crippen LogP contribution in [0.1, 0.15) is 38.5 Å². The number of carbonyl (C=O) groups excluding carboxylic acids is 1. The fourth-order valence-electron chi connectivity index (χ4n) is 2.39. The van der Waals surface area contributed by atoms with Gasteiger partial charge in [0.2, 0.25) is 5.91 Å². The quantitative estimate of drug-likeness (QED) is 0.716. The molecule has 98 valence electrons. The SMILES string of the molecule is NC1CCC(ONC(=O)C2CCOCC2)CC1. The van der Waals surface area contributed by atoms with Crippen molar-refractivity contribution < 1.29 is 14.4 Å². The van der Waals surface area contributed by atoms with Crippen LogP contribution < -0.4 is 11.2 Å². The first kappa shape index (κ1) is 12.8. The van der Waals surface area contributed by atoms with Crippen LogP contribution in [-0.4, -0.2) is 31.3 Å². The van der Waals surface area contributed by atoms with Crippen LogP contribution in [0.4, 0.5) is 0 Å². The number of ether oxygens (including phenoxy) is 1. The first-order valence-corrected chi connectivity index (χ1v) is 6.54. The zero-order valence-corrected chi connectivity index (χ0v) is 10.2. The topological polar surface area (TPSA) is 73.6 Å². The van der Waals surface area contributed by atoms with Crippen molar-refractivity contribution in [3.05, 3.63) is 0 Å². The van der Waals surface area contributed by atoms with Crippen LogP contribution in [-0.2, 0) is 14.4 Å². The molecule has 5 heteroatoms. The van der Waals surface area contributed by atoms with Gasteiger partial charge in [-0.05, 0) is 38.5 Å².